The van der Waals surface area contributed by atoms with E-state index >= 15 is 0 Å². The van der Waals surface area contributed by atoms with Gasteiger partial charge in [0.25, 0.3) is 0 Å². The van der Waals surface area contributed by atoms with Gasteiger partial charge in [0.2, 0.25) is 0 Å². The average Bonchev–Trinajstić information content (AvgIpc) is 2.34. The number of hydroxylamine groups is 1. The van der Waals surface area contributed by atoms with Crippen LogP contribution in [-0.4, -0.2) is 24.0 Å². The molecule has 6 nitrogen and oxygen atoms in total. The molecule has 19 heavy (non-hydrogen) atoms. The van der Waals surface area contributed by atoms with E-state index in [0.29, 0.717) is 0 Å². The number of Topliss-reactive ketones (excluding diaryl/α,β-unsaturated/α-hetero) is 1. The number of nitrogens with two attached hydrogens (primary N) is 1. The number of amides is 2. The quantitative estimate of drug-likeness (QED) is 0.648. The van der Waals surface area contributed by atoms with E-state index in [-0.39, 0.29) is 10.8 Å². The highest BCUT2D eigenvalue weighted by atomic mass is 19.4. The van der Waals surface area contributed by atoms with E-state index in [9.17, 15) is 27.6 Å². The number of alkyl halides is 3. The minimum atomic E-state index is -5.39. The van der Waals surface area contributed by atoms with Crippen molar-refractivity contribution in [3.05, 3.63) is 30.3 Å². The number of halogens is 3. The number of para-hydroxylation sites is 1. The molecule has 0 fully saturated rings. The zero-order valence-electron chi connectivity index (χ0n) is 9.18. The minimum absolute atomic E-state index is 0.0893. The maximum atomic E-state index is 12.0. The Balaban J connectivity index is 2.91. The van der Waals surface area contributed by atoms with Crippen molar-refractivity contribution in [2.24, 2.45) is 5.73 Å². The number of nitrogens with zero attached hydrogens (tertiary/aromatic N) is 1. The molecule has 1 rings (SSSR count). The first-order valence-electron chi connectivity index (χ1n) is 4.71. The normalized spacial score (nSPS) is 10.7. The molecule has 0 saturated carbocycles. The number of anilines is 1. The van der Waals surface area contributed by atoms with Crippen LogP contribution < -0.4 is 10.8 Å². The van der Waals surface area contributed by atoms with Crippen LogP contribution in [-0.2, 0) is 14.4 Å². The van der Waals surface area contributed by atoms with Gasteiger partial charge in [-0.1, -0.05) is 18.2 Å². The molecule has 0 aromatic heterocycles. The molecule has 2 N–H and O–H groups in total. The third-order valence-electron chi connectivity index (χ3n) is 1.81. The zero-order chi connectivity index (χ0) is 14.6. The molecule has 102 valence electrons. The van der Waals surface area contributed by atoms with E-state index < -0.39 is 24.0 Å². The van der Waals surface area contributed by atoms with E-state index in [2.05, 4.69) is 4.84 Å². The smallest absolute Gasteiger partial charge is 0.349 e. The van der Waals surface area contributed by atoms with Crippen LogP contribution in [0, 0.1) is 0 Å². The summed E-state index contributed by atoms with van der Waals surface area (Å²) in [7, 11) is 0. The fourth-order valence-corrected chi connectivity index (χ4v) is 1.03. The Hall–Kier alpha value is -2.58. The Labute approximate surface area is 104 Å². The van der Waals surface area contributed by atoms with Crippen LogP contribution in [0.1, 0.15) is 0 Å². The molecule has 0 unspecified atom stereocenters. The monoisotopic (exact) mass is 276 g/mol. The number of benzene rings is 1. The maximum absolute atomic E-state index is 12.0. The first-order chi connectivity index (χ1) is 8.73. The molecule has 0 aliphatic carbocycles. The third kappa shape index (κ3) is 3.69. The second-order valence-corrected chi connectivity index (χ2v) is 3.17. The van der Waals surface area contributed by atoms with Gasteiger partial charge >= 0.3 is 24.0 Å². The lowest BCUT2D eigenvalue weighted by molar-refractivity contribution is -0.183. The highest BCUT2D eigenvalue weighted by molar-refractivity contribution is 6.36. The van der Waals surface area contributed by atoms with Gasteiger partial charge in [-0.25, -0.2) is 9.59 Å². The number of urea groups is 1. The molecule has 0 aliphatic heterocycles. The number of carbonyl (C=O) groups is 3. The Morgan fingerprint density at radius 1 is 1.11 bits per heavy atom. The van der Waals surface area contributed by atoms with Crippen LogP contribution in [0.2, 0.25) is 0 Å². The van der Waals surface area contributed by atoms with E-state index in [1.54, 1.807) is 6.07 Å². The molecular formula is C10H7F3N2O4. The summed E-state index contributed by atoms with van der Waals surface area (Å²) < 4.78 is 35.9. The van der Waals surface area contributed by atoms with Gasteiger partial charge < -0.3 is 10.6 Å². The largest absolute Gasteiger partial charge is 0.462 e. The lowest BCUT2D eigenvalue weighted by Gasteiger charge is -2.18. The Kier molecular flexibility index (Phi) is 4.10. The number of hydrogen-bond acceptors (Lipinski definition) is 4. The van der Waals surface area contributed by atoms with Crippen molar-refractivity contribution in [1.82, 2.24) is 0 Å². The van der Waals surface area contributed by atoms with Gasteiger partial charge in [0, 0.05) is 0 Å². The summed E-state index contributed by atoms with van der Waals surface area (Å²) in [5, 5.41) is 0.0893. The second-order valence-electron chi connectivity index (χ2n) is 3.17. The molecule has 1 aromatic rings. The lowest BCUT2D eigenvalue weighted by Crippen LogP contribution is -2.42. The SMILES string of the molecule is NC(=O)N(OC(=O)C(=O)C(F)(F)F)c1ccccc1. The topological polar surface area (TPSA) is 89.7 Å². The molecule has 0 spiro atoms. The summed E-state index contributed by atoms with van der Waals surface area (Å²) in [6.07, 6.45) is -5.39. The van der Waals surface area contributed by atoms with Gasteiger partial charge in [-0.2, -0.15) is 13.2 Å². The third-order valence-corrected chi connectivity index (χ3v) is 1.81. The standard InChI is InChI=1S/C10H7F3N2O4/c11-10(12,13)7(16)8(17)19-15(9(14)18)6-4-2-1-3-5-6/h1-5H,(H2,14,18). The fourth-order valence-electron chi connectivity index (χ4n) is 1.03. The molecule has 0 bridgehead atoms. The van der Waals surface area contributed by atoms with Crippen LogP contribution in [0.3, 0.4) is 0 Å². The maximum Gasteiger partial charge on any atom is 0.462 e. The van der Waals surface area contributed by atoms with Crippen LogP contribution >= 0.6 is 0 Å². The summed E-state index contributed by atoms with van der Waals surface area (Å²) in [5.41, 5.74) is 4.74. The molecule has 1 aromatic carbocycles. The van der Waals surface area contributed by atoms with Gasteiger partial charge in [0.15, 0.2) is 0 Å². The number of primary amides is 1. The zero-order valence-corrected chi connectivity index (χ0v) is 9.18. The highest BCUT2D eigenvalue weighted by Crippen LogP contribution is 2.19. The van der Waals surface area contributed by atoms with E-state index in [1.165, 1.54) is 24.3 Å². The predicted octanol–water partition coefficient (Wildman–Crippen LogP) is 1.16. The van der Waals surface area contributed by atoms with Crippen molar-refractivity contribution in [1.29, 1.82) is 0 Å². The van der Waals surface area contributed by atoms with E-state index in [0.717, 1.165) is 0 Å². The van der Waals surface area contributed by atoms with Crippen LogP contribution in [0.15, 0.2) is 30.3 Å². The van der Waals surface area contributed by atoms with E-state index in [4.69, 9.17) is 5.73 Å². The van der Waals surface area contributed by atoms with Gasteiger partial charge in [-0.3, -0.25) is 4.79 Å². The summed E-state index contributed by atoms with van der Waals surface area (Å²) in [4.78, 5) is 36.5. The van der Waals surface area contributed by atoms with Crippen molar-refractivity contribution in [2.45, 2.75) is 6.18 Å². The van der Waals surface area contributed by atoms with Crippen molar-refractivity contribution in [3.63, 3.8) is 0 Å². The first kappa shape index (κ1) is 14.5. The first-order valence-corrected chi connectivity index (χ1v) is 4.71. The Morgan fingerprint density at radius 3 is 2.05 bits per heavy atom. The van der Waals surface area contributed by atoms with Crippen LogP contribution in [0.4, 0.5) is 23.7 Å². The van der Waals surface area contributed by atoms with Crippen molar-refractivity contribution >= 4 is 23.5 Å². The van der Waals surface area contributed by atoms with E-state index in [1.807, 2.05) is 0 Å². The Morgan fingerprint density at radius 2 is 1.63 bits per heavy atom. The molecule has 0 aliphatic rings. The van der Waals surface area contributed by atoms with Crippen molar-refractivity contribution < 1.29 is 32.4 Å². The van der Waals surface area contributed by atoms with Crippen LogP contribution in [0.5, 0.6) is 0 Å². The fraction of sp³-hybridized carbons (Fsp3) is 0.100. The molecular weight excluding hydrogens is 269 g/mol. The predicted molar refractivity (Wildman–Crippen MR) is 55.7 cm³/mol. The second kappa shape index (κ2) is 5.38. The average molecular weight is 276 g/mol. The molecule has 0 radical (unpaired) electrons. The van der Waals surface area contributed by atoms with Crippen LogP contribution in [0.25, 0.3) is 0 Å². The molecule has 9 heteroatoms. The number of carbonyl (C=O) groups excluding carboxylic acids is 3. The number of ketones is 1. The highest BCUT2D eigenvalue weighted by Gasteiger charge is 2.46. The molecule has 0 saturated heterocycles. The number of rotatable bonds is 2. The van der Waals surface area contributed by atoms with Crippen molar-refractivity contribution in [2.75, 3.05) is 5.06 Å². The Bertz CT molecular complexity index is 501. The lowest BCUT2D eigenvalue weighted by atomic mass is 10.3. The van der Waals surface area contributed by atoms with Gasteiger partial charge in [-0.15, -0.1) is 5.06 Å². The minimum Gasteiger partial charge on any atom is -0.349 e. The molecule has 2 amide bonds. The van der Waals surface area contributed by atoms with Crippen molar-refractivity contribution in [3.8, 4) is 0 Å². The van der Waals surface area contributed by atoms with Gasteiger partial charge in [0.05, 0.1) is 5.69 Å². The summed E-state index contributed by atoms with van der Waals surface area (Å²) in [5.74, 6) is -5.00. The molecule has 0 heterocycles. The summed E-state index contributed by atoms with van der Waals surface area (Å²) >= 11 is 0. The van der Waals surface area contributed by atoms with Gasteiger partial charge in [-0.05, 0) is 12.1 Å². The number of hydrogen-bond donors (Lipinski definition) is 1. The summed E-state index contributed by atoms with van der Waals surface area (Å²) in [6.45, 7) is 0. The molecule has 0 atom stereocenters. The summed E-state index contributed by atoms with van der Waals surface area (Å²) in [6, 6.07) is 5.53. The van der Waals surface area contributed by atoms with Gasteiger partial charge in [0.1, 0.15) is 0 Å².